The summed E-state index contributed by atoms with van der Waals surface area (Å²) in [6.45, 7) is 6.27. The number of nitrogens with zero attached hydrogens (tertiary/aromatic N) is 1. The van der Waals surface area contributed by atoms with E-state index >= 15 is 8.78 Å². The highest BCUT2D eigenvalue weighted by Crippen LogP contribution is 2.74. The Balaban J connectivity index is 1.40. The van der Waals surface area contributed by atoms with Crippen LogP contribution in [0.25, 0.3) is 0 Å². The standard InChI is InChI=1S/C33H38ClF2NO5/c1-4-29(41)42-17-28(40)32-18-37(15-19-6-5-7-21(34)10-19)16-20(32)11-23-24-13-26(35)25-12-22(38)8-9-30(25,2)33(24,36)27(39)14-31(23,32)3/h5-10,12,20,23-24,26-27,39H,4,11,13-18H2,1-3H3/t20-,23-,24-,26-,27-,30-,31-,32+,33-/m0/s1. The van der Waals surface area contributed by atoms with Crippen molar-refractivity contribution in [3.63, 3.8) is 0 Å². The number of hydrogen-bond acceptors (Lipinski definition) is 6. The average Bonchev–Trinajstić information content (AvgIpc) is 3.42. The Kier molecular flexibility index (Phi) is 7.10. The van der Waals surface area contributed by atoms with E-state index in [1.165, 1.54) is 18.2 Å². The molecule has 1 aromatic rings. The van der Waals surface area contributed by atoms with Gasteiger partial charge in [0.05, 0.1) is 11.5 Å². The van der Waals surface area contributed by atoms with Gasteiger partial charge in [-0.15, -0.1) is 0 Å². The Labute approximate surface area is 250 Å². The SMILES string of the molecule is CCC(=O)OCC(=O)[C@@]12CN(Cc3cccc(Cl)c3)C[C@@H]1C[C@H]1[C@@H]3C[C@H](F)C4=CC(=O)C=C[C@]4(C)[C@@]3(F)[C@@H](O)C[C@@]12C. The molecule has 5 aliphatic rings. The van der Waals surface area contributed by atoms with Crippen molar-refractivity contribution in [3.05, 3.63) is 58.7 Å². The third kappa shape index (κ3) is 3.97. The molecule has 9 heteroatoms. The zero-order valence-electron chi connectivity index (χ0n) is 24.2. The number of ether oxygens (including phenoxy) is 1. The number of Topliss-reactive ketones (excluding diaryl/α,β-unsaturated/α-hetero) is 1. The lowest BCUT2D eigenvalue weighted by Crippen LogP contribution is -2.69. The predicted molar refractivity (Wildman–Crippen MR) is 153 cm³/mol. The van der Waals surface area contributed by atoms with E-state index in [4.69, 9.17) is 16.3 Å². The molecule has 6 nitrogen and oxygen atoms in total. The van der Waals surface area contributed by atoms with Crippen molar-refractivity contribution in [2.75, 3.05) is 19.7 Å². The molecule has 0 aromatic heterocycles. The first-order valence-corrected chi connectivity index (χ1v) is 15.3. The van der Waals surface area contributed by atoms with Gasteiger partial charge in [-0.1, -0.05) is 43.7 Å². The molecule has 0 unspecified atom stereocenters. The van der Waals surface area contributed by atoms with Gasteiger partial charge in [0, 0.05) is 42.4 Å². The number of alkyl halides is 2. The number of carbonyl (C=O) groups is 3. The second kappa shape index (κ2) is 10.1. The van der Waals surface area contributed by atoms with Gasteiger partial charge in [0.1, 0.15) is 6.17 Å². The van der Waals surface area contributed by atoms with E-state index in [0.29, 0.717) is 31.1 Å². The van der Waals surface area contributed by atoms with E-state index in [-0.39, 0.29) is 48.9 Å². The average molecular weight is 602 g/mol. The van der Waals surface area contributed by atoms with Gasteiger partial charge in [-0.05, 0) is 78.9 Å². The van der Waals surface area contributed by atoms with E-state index in [9.17, 15) is 19.5 Å². The van der Waals surface area contributed by atoms with E-state index < -0.39 is 52.0 Å². The van der Waals surface area contributed by atoms with Gasteiger partial charge in [0.15, 0.2) is 23.8 Å². The van der Waals surface area contributed by atoms with Gasteiger partial charge in [-0.3, -0.25) is 19.3 Å². The quantitative estimate of drug-likeness (QED) is 0.451. The lowest BCUT2D eigenvalue weighted by Gasteiger charge is -2.63. The van der Waals surface area contributed by atoms with Crippen molar-refractivity contribution < 1.29 is 33.0 Å². The summed E-state index contributed by atoms with van der Waals surface area (Å²) in [4.78, 5) is 40.7. The van der Waals surface area contributed by atoms with Gasteiger partial charge < -0.3 is 9.84 Å². The van der Waals surface area contributed by atoms with Crippen LogP contribution in [0.3, 0.4) is 0 Å². The summed E-state index contributed by atoms with van der Waals surface area (Å²) < 4.78 is 38.9. The second-order valence-electron chi connectivity index (χ2n) is 13.5. The van der Waals surface area contributed by atoms with Crippen LogP contribution >= 0.6 is 11.6 Å². The van der Waals surface area contributed by atoms with Crippen LogP contribution in [-0.2, 0) is 25.7 Å². The lowest BCUT2D eigenvalue weighted by molar-refractivity contribution is -0.212. The number of hydrogen-bond donors (Lipinski definition) is 1. The molecule has 0 bridgehead atoms. The molecule has 1 aliphatic heterocycles. The Morgan fingerprint density at radius 3 is 2.69 bits per heavy atom. The first-order valence-electron chi connectivity index (χ1n) is 14.9. The number of halogens is 3. The van der Waals surface area contributed by atoms with Gasteiger partial charge in [-0.2, -0.15) is 0 Å². The fourth-order valence-corrected chi connectivity index (χ4v) is 9.98. The number of rotatable bonds is 6. The zero-order chi connectivity index (χ0) is 30.2. The number of aliphatic hydroxyl groups excluding tert-OH is 1. The third-order valence-corrected chi connectivity index (χ3v) is 11.9. The molecule has 4 fully saturated rings. The molecule has 42 heavy (non-hydrogen) atoms. The molecule has 0 amide bonds. The second-order valence-corrected chi connectivity index (χ2v) is 13.9. The van der Waals surface area contributed by atoms with Crippen molar-refractivity contribution >= 4 is 29.1 Å². The molecule has 0 radical (unpaired) electrons. The molecule has 1 heterocycles. The molecule has 1 N–H and O–H groups in total. The fraction of sp³-hybridized carbons (Fsp3) is 0.606. The van der Waals surface area contributed by atoms with Crippen LogP contribution in [0.4, 0.5) is 8.78 Å². The third-order valence-electron chi connectivity index (χ3n) is 11.7. The number of ketones is 2. The highest BCUT2D eigenvalue weighted by atomic mass is 35.5. The maximum absolute atomic E-state index is 17.6. The molecule has 1 saturated heterocycles. The number of likely N-dealkylation sites (tertiary alicyclic amines) is 1. The zero-order valence-corrected chi connectivity index (χ0v) is 25.0. The maximum atomic E-state index is 17.6. The summed E-state index contributed by atoms with van der Waals surface area (Å²) in [7, 11) is 0. The number of aliphatic hydroxyl groups is 1. The summed E-state index contributed by atoms with van der Waals surface area (Å²) in [6, 6.07) is 7.54. The number of benzene rings is 1. The highest BCUT2D eigenvalue weighted by Gasteiger charge is 2.78. The van der Waals surface area contributed by atoms with Gasteiger partial charge in [0.25, 0.3) is 0 Å². The van der Waals surface area contributed by atoms with Crippen molar-refractivity contribution in [3.8, 4) is 0 Å². The summed E-state index contributed by atoms with van der Waals surface area (Å²) >= 11 is 6.23. The summed E-state index contributed by atoms with van der Waals surface area (Å²) in [6.07, 6.45) is 1.32. The van der Waals surface area contributed by atoms with Crippen LogP contribution in [0.1, 0.15) is 52.0 Å². The number of fused-ring (bicyclic) bond motifs is 7. The summed E-state index contributed by atoms with van der Waals surface area (Å²) in [5.74, 6) is -2.54. The summed E-state index contributed by atoms with van der Waals surface area (Å²) in [5, 5.41) is 12.4. The van der Waals surface area contributed by atoms with Gasteiger partial charge in [-0.25, -0.2) is 8.78 Å². The monoisotopic (exact) mass is 601 g/mol. The number of carbonyl (C=O) groups excluding carboxylic acids is 3. The first kappa shape index (κ1) is 29.6. The predicted octanol–water partition coefficient (Wildman–Crippen LogP) is 5.21. The van der Waals surface area contributed by atoms with Crippen molar-refractivity contribution in [1.82, 2.24) is 4.90 Å². The topological polar surface area (TPSA) is 83.9 Å². The van der Waals surface area contributed by atoms with Crippen molar-refractivity contribution in [2.45, 2.75) is 70.9 Å². The van der Waals surface area contributed by atoms with E-state index in [1.54, 1.807) is 19.9 Å². The van der Waals surface area contributed by atoms with Crippen LogP contribution in [0.15, 0.2) is 48.1 Å². The summed E-state index contributed by atoms with van der Waals surface area (Å²) in [5.41, 5.74) is -4.50. The number of allylic oxidation sites excluding steroid dienone is 4. The maximum Gasteiger partial charge on any atom is 0.305 e. The minimum Gasteiger partial charge on any atom is -0.458 e. The molecular weight excluding hydrogens is 564 g/mol. The van der Waals surface area contributed by atoms with Crippen molar-refractivity contribution in [2.24, 2.45) is 34.0 Å². The molecule has 0 spiro atoms. The molecule has 4 aliphatic carbocycles. The van der Waals surface area contributed by atoms with E-state index in [2.05, 4.69) is 4.90 Å². The largest absolute Gasteiger partial charge is 0.458 e. The van der Waals surface area contributed by atoms with E-state index in [0.717, 1.165) is 5.56 Å². The first-order chi connectivity index (χ1) is 19.8. The number of esters is 1. The molecule has 9 atom stereocenters. The smallest absolute Gasteiger partial charge is 0.305 e. The lowest BCUT2D eigenvalue weighted by atomic mass is 9.43. The molecule has 6 rings (SSSR count). The normalized spacial score (nSPS) is 42.3. The van der Waals surface area contributed by atoms with Crippen LogP contribution in [0, 0.1) is 34.0 Å². The molecule has 1 aromatic carbocycles. The van der Waals surface area contributed by atoms with Crippen LogP contribution < -0.4 is 0 Å². The van der Waals surface area contributed by atoms with Crippen LogP contribution in [0.5, 0.6) is 0 Å². The Bertz CT molecular complexity index is 1400. The van der Waals surface area contributed by atoms with Crippen LogP contribution in [0.2, 0.25) is 5.02 Å². The van der Waals surface area contributed by atoms with Gasteiger partial charge in [0.2, 0.25) is 0 Å². The molecule has 226 valence electrons. The minimum absolute atomic E-state index is 0.00123. The van der Waals surface area contributed by atoms with Crippen molar-refractivity contribution in [1.29, 1.82) is 0 Å². The van der Waals surface area contributed by atoms with Gasteiger partial charge >= 0.3 is 5.97 Å². The Morgan fingerprint density at radius 1 is 1.21 bits per heavy atom. The van der Waals surface area contributed by atoms with E-state index in [1.807, 2.05) is 25.1 Å². The van der Waals surface area contributed by atoms with Crippen LogP contribution in [-0.4, -0.2) is 65.2 Å². The Morgan fingerprint density at radius 2 is 1.98 bits per heavy atom. The highest BCUT2D eigenvalue weighted by molar-refractivity contribution is 6.30. The molecule has 3 saturated carbocycles. The molecular formula is C33H38ClF2NO5. The Hall–Kier alpha value is -2.42. The fourth-order valence-electron chi connectivity index (χ4n) is 9.77. The minimum atomic E-state index is -2.21.